The Balaban J connectivity index is 1.98. The first-order valence-corrected chi connectivity index (χ1v) is 7.59. The molecule has 2 aromatic rings. The SMILES string of the molecule is CC(O)C(NC(=O)Cn1nnnc1COc1ccccc1Cl)C(=O)O. The number of nitrogens with zero attached hydrogens (tertiary/aromatic N) is 4. The number of aromatic nitrogens is 4. The van der Waals surface area contributed by atoms with Gasteiger partial charge in [0.15, 0.2) is 11.9 Å². The Kier molecular flexibility index (Phi) is 6.25. The summed E-state index contributed by atoms with van der Waals surface area (Å²) in [5, 5.41) is 31.8. The van der Waals surface area contributed by atoms with Gasteiger partial charge in [0.2, 0.25) is 5.91 Å². The lowest BCUT2D eigenvalue weighted by atomic mass is 10.2. The molecule has 1 amide bonds. The monoisotopic (exact) mass is 369 g/mol. The minimum atomic E-state index is -1.42. The van der Waals surface area contributed by atoms with Crippen LogP contribution in [0.3, 0.4) is 0 Å². The molecule has 11 heteroatoms. The van der Waals surface area contributed by atoms with Crippen molar-refractivity contribution in [2.75, 3.05) is 0 Å². The van der Waals surface area contributed by atoms with Crippen molar-refractivity contribution in [3.63, 3.8) is 0 Å². The number of carbonyl (C=O) groups is 2. The van der Waals surface area contributed by atoms with Crippen LogP contribution in [0.2, 0.25) is 5.02 Å². The Morgan fingerprint density at radius 3 is 2.76 bits per heavy atom. The summed E-state index contributed by atoms with van der Waals surface area (Å²) in [5.41, 5.74) is 0. The molecular weight excluding hydrogens is 354 g/mol. The summed E-state index contributed by atoms with van der Waals surface area (Å²) >= 11 is 5.98. The summed E-state index contributed by atoms with van der Waals surface area (Å²) in [5.74, 6) is -1.33. The van der Waals surface area contributed by atoms with Crippen molar-refractivity contribution in [1.29, 1.82) is 0 Å². The van der Waals surface area contributed by atoms with E-state index < -0.39 is 24.0 Å². The van der Waals surface area contributed by atoms with E-state index in [1.807, 2.05) is 0 Å². The molecule has 3 N–H and O–H groups in total. The van der Waals surface area contributed by atoms with Gasteiger partial charge in [-0.05, 0) is 29.5 Å². The zero-order valence-electron chi connectivity index (χ0n) is 13.2. The van der Waals surface area contributed by atoms with Gasteiger partial charge in [-0.2, -0.15) is 0 Å². The standard InChI is InChI=1S/C14H16ClN5O5/c1-8(21)13(14(23)24)16-12(22)6-20-11(17-18-19-20)7-25-10-5-3-2-4-9(10)15/h2-5,8,13,21H,6-7H2,1H3,(H,16,22)(H,23,24). The number of ether oxygens (including phenoxy) is 1. The molecule has 1 aromatic heterocycles. The van der Waals surface area contributed by atoms with Crippen LogP contribution in [0, 0.1) is 0 Å². The summed E-state index contributed by atoms with van der Waals surface area (Å²) in [6.07, 6.45) is -1.25. The molecule has 2 atom stereocenters. The van der Waals surface area contributed by atoms with E-state index in [0.29, 0.717) is 10.8 Å². The second kappa shape index (κ2) is 8.40. The molecule has 0 spiro atoms. The van der Waals surface area contributed by atoms with Crippen molar-refractivity contribution in [1.82, 2.24) is 25.5 Å². The zero-order valence-corrected chi connectivity index (χ0v) is 13.9. The first-order valence-electron chi connectivity index (χ1n) is 7.21. The number of amides is 1. The van der Waals surface area contributed by atoms with Gasteiger partial charge in [0.05, 0.1) is 11.1 Å². The molecule has 134 valence electrons. The van der Waals surface area contributed by atoms with Gasteiger partial charge in [-0.1, -0.05) is 23.7 Å². The number of hydrogen-bond acceptors (Lipinski definition) is 7. The fraction of sp³-hybridized carbons (Fsp3) is 0.357. The predicted molar refractivity (Wildman–Crippen MR) is 84.8 cm³/mol. The largest absolute Gasteiger partial charge is 0.484 e. The van der Waals surface area contributed by atoms with Crippen molar-refractivity contribution in [3.8, 4) is 5.75 Å². The highest BCUT2D eigenvalue weighted by atomic mass is 35.5. The number of tetrazole rings is 1. The molecular formula is C14H16ClN5O5. The zero-order chi connectivity index (χ0) is 18.4. The van der Waals surface area contributed by atoms with Crippen LogP contribution in [0.5, 0.6) is 5.75 Å². The molecule has 0 aliphatic heterocycles. The number of aliphatic hydroxyl groups is 1. The number of para-hydroxylation sites is 1. The predicted octanol–water partition coefficient (Wildman–Crippen LogP) is -0.144. The third kappa shape index (κ3) is 5.13. The van der Waals surface area contributed by atoms with Gasteiger partial charge in [-0.25, -0.2) is 9.48 Å². The van der Waals surface area contributed by atoms with Crippen molar-refractivity contribution in [2.45, 2.75) is 32.2 Å². The van der Waals surface area contributed by atoms with E-state index >= 15 is 0 Å². The fourth-order valence-corrected chi connectivity index (χ4v) is 2.09. The fourth-order valence-electron chi connectivity index (χ4n) is 1.90. The van der Waals surface area contributed by atoms with Gasteiger partial charge in [0.1, 0.15) is 18.9 Å². The molecule has 1 aromatic carbocycles. The maximum Gasteiger partial charge on any atom is 0.328 e. The van der Waals surface area contributed by atoms with Gasteiger partial charge in [0, 0.05) is 0 Å². The minimum Gasteiger partial charge on any atom is -0.484 e. The number of carboxylic acid groups (broad SMARTS) is 1. The Morgan fingerprint density at radius 2 is 2.12 bits per heavy atom. The first-order chi connectivity index (χ1) is 11.9. The van der Waals surface area contributed by atoms with E-state index in [9.17, 15) is 14.7 Å². The van der Waals surface area contributed by atoms with Crippen molar-refractivity contribution in [3.05, 3.63) is 35.1 Å². The van der Waals surface area contributed by atoms with Gasteiger partial charge in [0.25, 0.3) is 0 Å². The van der Waals surface area contributed by atoms with Crippen molar-refractivity contribution in [2.24, 2.45) is 0 Å². The molecule has 0 aliphatic carbocycles. The van der Waals surface area contributed by atoms with Gasteiger partial charge >= 0.3 is 5.97 Å². The Morgan fingerprint density at radius 1 is 1.40 bits per heavy atom. The number of nitrogens with one attached hydrogen (secondary N) is 1. The third-order valence-corrected chi connectivity index (χ3v) is 3.47. The molecule has 0 radical (unpaired) electrons. The maximum atomic E-state index is 11.9. The first kappa shape index (κ1) is 18.6. The van der Waals surface area contributed by atoms with Crippen LogP contribution in [0.15, 0.2) is 24.3 Å². The second-order valence-electron chi connectivity index (χ2n) is 5.10. The number of carboxylic acids is 1. The quantitative estimate of drug-likeness (QED) is 0.584. The number of halogens is 1. The maximum absolute atomic E-state index is 11.9. The number of carbonyl (C=O) groups excluding carboxylic acids is 1. The Bertz CT molecular complexity index is 751. The summed E-state index contributed by atoms with van der Waals surface area (Å²) in [6.45, 7) is 0.895. The van der Waals surface area contributed by atoms with Gasteiger partial charge < -0.3 is 20.3 Å². The van der Waals surface area contributed by atoms with E-state index in [4.69, 9.17) is 21.4 Å². The molecule has 0 bridgehead atoms. The van der Waals surface area contributed by atoms with E-state index in [1.54, 1.807) is 24.3 Å². The molecule has 0 saturated heterocycles. The van der Waals surface area contributed by atoms with Crippen LogP contribution >= 0.6 is 11.6 Å². The topological polar surface area (TPSA) is 139 Å². The lowest BCUT2D eigenvalue weighted by Gasteiger charge is -2.17. The molecule has 1 heterocycles. The average Bonchev–Trinajstić information content (AvgIpc) is 2.98. The summed E-state index contributed by atoms with van der Waals surface area (Å²) in [4.78, 5) is 22.9. The Labute approximate surface area is 147 Å². The van der Waals surface area contributed by atoms with Crippen LogP contribution < -0.4 is 10.1 Å². The van der Waals surface area contributed by atoms with Crippen molar-refractivity contribution < 1.29 is 24.5 Å². The van der Waals surface area contributed by atoms with Crippen LogP contribution in [-0.2, 0) is 22.7 Å². The van der Waals surface area contributed by atoms with Crippen LogP contribution in [0.4, 0.5) is 0 Å². The molecule has 2 rings (SSSR count). The Hall–Kier alpha value is -2.72. The third-order valence-electron chi connectivity index (χ3n) is 3.16. The summed E-state index contributed by atoms with van der Waals surface area (Å²) < 4.78 is 6.66. The molecule has 2 unspecified atom stereocenters. The average molecular weight is 370 g/mol. The van der Waals surface area contributed by atoms with Gasteiger partial charge in [-0.15, -0.1) is 5.10 Å². The highest BCUT2D eigenvalue weighted by Crippen LogP contribution is 2.23. The smallest absolute Gasteiger partial charge is 0.328 e. The normalized spacial score (nSPS) is 13.1. The number of aliphatic carboxylic acids is 1. The van der Waals surface area contributed by atoms with E-state index in [1.165, 1.54) is 6.92 Å². The minimum absolute atomic E-state index is 0.0389. The van der Waals surface area contributed by atoms with Gasteiger partial charge in [-0.3, -0.25) is 4.79 Å². The highest BCUT2D eigenvalue weighted by Gasteiger charge is 2.25. The van der Waals surface area contributed by atoms with E-state index in [-0.39, 0.29) is 19.0 Å². The van der Waals surface area contributed by atoms with Crippen LogP contribution in [0.25, 0.3) is 0 Å². The number of benzene rings is 1. The lowest BCUT2D eigenvalue weighted by Crippen LogP contribution is -2.48. The van der Waals surface area contributed by atoms with E-state index in [0.717, 1.165) is 4.68 Å². The number of hydrogen-bond donors (Lipinski definition) is 3. The summed E-state index contributed by atoms with van der Waals surface area (Å²) in [6, 6.07) is 5.41. The summed E-state index contributed by atoms with van der Waals surface area (Å²) in [7, 11) is 0. The van der Waals surface area contributed by atoms with Crippen LogP contribution in [-0.4, -0.2) is 54.4 Å². The molecule has 0 aliphatic rings. The molecule has 25 heavy (non-hydrogen) atoms. The highest BCUT2D eigenvalue weighted by molar-refractivity contribution is 6.32. The van der Waals surface area contributed by atoms with Crippen LogP contribution in [0.1, 0.15) is 12.7 Å². The lowest BCUT2D eigenvalue weighted by molar-refractivity contribution is -0.144. The van der Waals surface area contributed by atoms with E-state index in [2.05, 4.69) is 20.8 Å². The number of rotatable bonds is 8. The number of aliphatic hydroxyl groups excluding tert-OH is 1. The molecule has 0 fully saturated rings. The second-order valence-corrected chi connectivity index (χ2v) is 5.50. The molecule has 10 nitrogen and oxygen atoms in total. The molecule has 0 saturated carbocycles. The van der Waals surface area contributed by atoms with Crippen molar-refractivity contribution >= 4 is 23.5 Å².